The monoisotopic (exact) mass is 159 g/mol. The second-order valence-corrected chi connectivity index (χ2v) is 3.12. The maximum atomic E-state index is 4.35. The maximum absolute atomic E-state index is 4.35. The molecule has 2 aromatic rings. The molecule has 0 spiro atoms. The van der Waals surface area contributed by atoms with E-state index in [0.717, 1.165) is 16.9 Å². The van der Waals surface area contributed by atoms with Crippen molar-refractivity contribution in [3.05, 3.63) is 23.5 Å². The summed E-state index contributed by atoms with van der Waals surface area (Å²) in [4.78, 5) is 4.35. The van der Waals surface area contributed by atoms with Crippen LogP contribution in [0.5, 0.6) is 0 Å². The fourth-order valence-corrected chi connectivity index (χ4v) is 1.41. The zero-order valence-electron chi connectivity index (χ0n) is 7.50. The van der Waals surface area contributed by atoms with Crippen LogP contribution in [-0.4, -0.2) is 22.4 Å². The number of rotatable bonds is 0. The van der Waals surface area contributed by atoms with Gasteiger partial charge in [-0.1, -0.05) is 0 Å². The largest absolute Gasteiger partial charge is 0.232 e. The van der Waals surface area contributed by atoms with Crippen molar-refractivity contribution >= 4 is 19.1 Å². The molecule has 4 heteroatoms. The predicted octanol–water partition coefficient (Wildman–Crippen LogP) is -0.395. The van der Waals surface area contributed by atoms with Crippen LogP contribution in [-0.2, 0) is 0 Å². The van der Waals surface area contributed by atoms with Gasteiger partial charge in [-0.2, -0.15) is 5.10 Å². The summed E-state index contributed by atoms with van der Waals surface area (Å²) in [5, 5.41) is 4.31. The molecule has 3 nitrogen and oxygen atoms in total. The fraction of sp³-hybridized carbons (Fsp3) is 0.250. The maximum Gasteiger partial charge on any atom is 0.166 e. The molecule has 2 aromatic heterocycles. The number of fused-ring (bicyclic) bond motifs is 1. The van der Waals surface area contributed by atoms with Gasteiger partial charge in [-0.05, 0) is 25.5 Å². The van der Waals surface area contributed by atoms with Crippen LogP contribution in [0.3, 0.4) is 0 Å². The Bertz CT molecular complexity index is 433. The Labute approximate surface area is 71.8 Å². The van der Waals surface area contributed by atoms with Gasteiger partial charge in [-0.25, -0.2) is 9.50 Å². The Morgan fingerprint density at radius 2 is 2.17 bits per heavy atom. The van der Waals surface area contributed by atoms with Crippen molar-refractivity contribution in [3.8, 4) is 0 Å². The van der Waals surface area contributed by atoms with E-state index in [4.69, 9.17) is 0 Å². The molecule has 60 valence electrons. The molecule has 0 saturated carbocycles. The first-order valence-electron chi connectivity index (χ1n) is 3.97. The van der Waals surface area contributed by atoms with Crippen molar-refractivity contribution < 1.29 is 0 Å². The van der Waals surface area contributed by atoms with Crippen LogP contribution in [0.2, 0.25) is 0 Å². The SMILES string of the molecule is Bc1cc(C)c2nc(C)cn2n1. The first-order valence-corrected chi connectivity index (χ1v) is 3.97. The standard InChI is InChI=1S/C8H10BN3/c1-5-3-7(9)11-12-4-6(2)10-8(5)12/h3-4H,9H2,1-2H3. The highest BCUT2D eigenvalue weighted by Crippen LogP contribution is 2.05. The van der Waals surface area contributed by atoms with Gasteiger partial charge in [0, 0.05) is 5.59 Å². The molecule has 0 unspecified atom stereocenters. The number of hydrogen-bond acceptors (Lipinski definition) is 2. The average Bonchev–Trinajstić information content (AvgIpc) is 2.29. The number of hydrogen-bond donors (Lipinski definition) is 0. The third-order valence-corrected chi connectivity index (χ3v) is 1.85. The molecule has 0 bridgehead atoms. The van der Waals surface area contributed by atoms with Gasteiger partial charge in [0.25, 0.3) is 0 Å². The summed E-state index contributed by atoms with van der Waals surface area (Å²) in [6.45, 7) is 4.03. The molecule has 0 radical (unpaired) electrons. The smallest absolute Gasteiger partial charge is 0.166 e. The van der Waals surface area contributed by atoms with Crippen LogP contribution in [0.4, 0.5) is 0 Å². The van der Waals surface area contributed by atoms with Gasteiger partial charge >= 0.3 is 0 Å². The first-order chi connectivity index (χ1) is 5.66. The first kappa shape index (κ1) is 7.34. The summed E-state index contributed by atoms with van der Waals surface area (Å²) in [7, 11) is 1.99. The third-order valence-electron chi connectivity index (χ3n) is 1.85. The summed E-state index contributed by atoms with van der Waals surface area (Å²) in [5.41, 5.74) is 4.17. The molecule has 0 atom stereocenters. The molecule has 2 heterocycles. The zero-order valence-corrected chi connectivity index (χ0v) is 7.50. The lowest BCUT2D eigenvalue weighted by Gasteiger charge is -1.97. The van der Waals surface area contributed by atoms with E-state index < -0.39 is 0 Å². The molecule has 0 aliphatic rings. The average molecular weight is 159 g/mol. The quantitative estimate of drug-likeness (QED) is 0.490. The minimum absolute atomic E-state index is 0.957. The van der Waals surface area contributed by atoms with E-state index in [1.807, 2.05) is 31.5 Å². The molecule has 0 N–H and O–H groups in total. The van der Waals surface area contributed by atoms with Gasteiger partial charge in [-0.3, -0.25) is 0 Å². The predicted molar refractivity (Wildman–Crippen MR) is 50.6 cm³/mol. The highest BCUT2D eigenvalue weighted by molar-refractivity contribution is 6.30. The molecular weight excluding hydrogens is 149 g/mol. The van der Waals surface area contributed by atoms with E-state index in [-0.39, 0.29) is 0 Å². The molecule has 0 aromatic carbocycles. The molecule has 0 amide bonds. The van der Waals surface area contributed by atoms with Crippen LogP contribution >= 0.6 is 0 Å². The summed E-state index contributed by atoms with van der Waals surface area (Å²) in [5.74, 6) is 0. The number of imidazole rings is 1. The van der Waals surface area contributed by atoms with Gasteiger partial charge in [0.2, 0.25) is 0 Å². The Morgan fingerprint density at radius 3 is 2.92 bits per heavy atom. The topological polar surface area (TPSA) is 30.2 Å². The van der Waals surface area contributed by atoms with Gasteiger partial charge in [0.05, 0.1) is 11.9 Å². The summed E-state index contributed by atoms with van der Waals surface area (Å²) in [6, 6.07) is 2.04. The lowest BCUT2D eigenvalue weighted by atomic mass is 10.0. The van der Waals surface area contributed by atoms with Crippen molar-refractivity contribution in [2.75, 3.05) is 0 Å². The Morgan fingerprint density at radius 1 is 1.42 bits per heavy atom. The summed E-state index contributed by atoms with van der Waals surface area (Å²) < 4.78 is 1.83. The van der Waals surface area contributed by atoms with Crippen molar-refractivity contribution in [2.45, 2.75) is 13.8 Å². The van der Waals surface area contributed by atoms with Crippen LogP contribution in [0.1, 0.15) is 11.3 Å². The van der Waals surface area contributed by atoms with Gasteiger partial charge in [0.1, 0.15) is 0 Å². The Hall–Kier alpha value is -1.32. The second kappa shape index (κ2) is 2.34. The highest BCUT2D eigenvalue weighted by Gasteiger charge is 2.01. The van der Waals surface area contributed by atoms with Crippen LogP contribution in [0, 0.1) is 13.8 Å². The van der Waals surface area contributed by atoms with Crippen molar-refractivity contribution in [2.24, 2.45) is 0 Å². The lowest BCUT2D eigenvalue weighted by Crippen LogP contribution is -2.13. The fourth-order valence-electron chi connectivity index (χ4n) is 1.41. The van der Waals surface area contributed by atoms with E-state index in [2.05, 4.69) is 17.0 Å². The Balaban J connectivity index is 2.88. The molecule has 0 aliphatic carbocycles. The van der Waals surface area contributed by atoms with Crippen molar-refractivity contribution in [1.29, 1.82) is 0 Å². The molecule has 0 aliphatic heterocycles. The van der Waals surface area contributed by atoms with Crippen molar-refractivity contribution in [1.82, 2.24) is 14.6 Å². The van der Waals surface area contributed by atoms with Crippen LogP contribution in [0.25, 0.3) is 5.65 Å². The third kappa shape index (κ3) is 0.997. The lowest BCUT2D eigenvalue weighted by molar-refractivity contribution is 0.949. The van der Waals surface area contributed by atoms with E-state index in [9.17, 15) is 0 Å². The minimum atomic E-state index is 0.957. The minimum Gasteiger partial charge on any atom is -0.232 e. The normalized spacial score (nSPS) is 10.8. The number of nitrogens with zero attached hydrogens (tertiary/aromatic N) is 3. The van der Waals surface area contributed by atoms with Gasteiger partial charge in [-0.15, -0.1) is 0 Å². The molecule has 2 rings (SSSR count). The summed E-state index contributed by atoms with van der Waals surface area (Å²) >= 11 is 0. The van der Waals surface area contributed by atoms with Gasteiger partial charge in [0.15, 0.2) is 13.5 Å². The number of aryl methyl sites for hydroxylation is 2. The van der Waals surface area contributed by atoms with E-state index >= 15 is 0 Å². The van der Waals surface area contributed by atoms with E-state index in [1.54, 1.807) is 0 Å². The second-order valence-electron chi connectivity index (χ2n) is 3.12. The zero-order chi connectivity index (χ0) is 8.72. The number of aromatic nitrogens is 3. The summed E-state index contributed by atoms with van der Waals surface area (Å²) in [6.07, 6.45) is 1.94. The van der Waals surface area contributed by atoms with Crippen molar-refractivity contribution in [3.63, 3.8) is 0 Å². The molecule has 0 fully saturated rings. The Kier molecular flexibility index (Phi) is 1.43. The highest BCUT2D eigenvalue weighted by atomic mass is 15.2. The molecular formula is C8H10BN3. The van der Waals surface area contributed by atoms with Crippen LogP contribution < -0.4 is 5.59 Å². The van der Waals surface area contributed by atoms with E-state index in [0.29, 0.717) is 0 Å². The van der Waals surface area contributed by atoms with Crippen LogP contribution in [0.15, 0.2) is 12.3 Å². The molecule has 12 heavy (non-hydrogen) atoms. The van der Waals surface area contributed by atoms with Gasteiger partial charge < -0.3 is 0 Å². The van der Waals surface area contributed by atoms with E-state index in [1.165, 1.54) is 5.56 Å². The molecule has 0 saturated heterocycles.